The molecule has 26 heavy (non-hydrogen) atoms. The Balaban J connectivity index is 2.03. The summed E-state index contributed by atoms with van der Waals surface area (Å²) in [6, 6.07) is 15.0. The minimum Gasteiger partial charge on any atom is -0.323 e. The lowest BCUT2D eigenvalue weighted by atomic mass is 10.1. The highest BCUT2D eigenvalue weighted by atomic mass is 16.2. The summed E-state index contributed by atoms with van der Waals surface area (Å²) in [4.78, 5) is 35.5. The molecule has 6 heteroatoms. The standard InChI is InChI=1S/C20H17N3O3/c1-13(20(26)23-18-6-4-3-5-16(18)12-21)11-19(25)22-17-9-7-15(8-10-17)14(2)24/h3-11H,1-2H3,(H,22,25)(H,23,26)/b13-11-. The van der Waals surface area contributed by atoms with E-state index in [0.29, 0.717) is 22.5 Å². The molecule has 0 radical (unpaired) electrons. The predicted octanol–water partition coefficient (Wildman–Crippen LogP) is 3.28. The number of hydrogen-bond acceptors (Lipinski definition) is 4. The van der Waals surface area contributed by atoms with E-state index in [1.165, 1.54) is 19.9 Å². The van der Waals surface area contributed by atoms with Gasteiger partial charge in [-0.25, -0.2) is 0 Å². The largest absolute Gasteiger partial charge is 0.323 e. The van der Waals surface area contributed by atoms with Crippen LogP contribution in [-0.4, -0.2) is 17.6 Å². The van der Waals surface area contributed by atoms with Crippen LogP contribution in [0.3, 0.4) is 0 Å². The number of benzene rings is 2. The molecule has 0 saturated carbocycles. The zero-order valence-electron chi connectivity index (χ0n) is 14.4. The van der Waals surface area contributed by atoms with Crippen molar-refractivity contribution in [2.24, 2.45) is 0 Å². The first kappa shape index (κ1) is 18.6. The van der Waals surface area contributed by atoms with Gasteiger partial charge in [0.05, 0.1) is 11.3 Å². The van der Waals surface area contributed by atoms with Gasteiger partial charge in [0.1, 0.15) is 6.07 Å². The molecule has 2 rings (SSSR count). The summed E-state index contributed by atoms with van der Waals surface area (Å²) in [5, 5.41) is 14.3. The van der Waals surface area contributed by atoms with Gasteiger partial charge in [0, 0.05) is 22.9 Å². The fraction of sp³-hybridized carbons (Fsp3) is 0.100. The fourth-order valence-electron chi connectivity index (χ4n) is 2.14. The monoisotopic (exact) mass is 347 g/mol. The lowest BCUT2D eigenvalue weighted by molar-refractivity contribution is -0.114. The topological polar surface area (TPSA) is 99.1 Å². The maximum Gasteiger partial charge on any atom is 0.251 e. The average molecular weight is 347 g/mol. The normalized spacial score (nSPS) is 10.6. The highest BCUT2D eigenvalue weighted by Gasteiger charge is 2.10. The first-order valence-corrected chi connectivity index (χ1v) is 7.81. The van der Waals surface area contributed by atoms with E-state index in [1.54, 1.807) is 48.5 Å². The van der Waals surface area contributed by atoms with Gasteiger partial charge >= 0.3 is 0 Å². The molecule has 2 aromatic carbocycles. The van der Waals surface area contributed by atoms with Gasteiger partial charge in [0.2, 0.25) is 5.91 Å². The van der Waals surface area contributed by atoms with Crippen LogP contribution in [0.5, 0.6) is 0 Å². The van der Waals surface area contributed by atoms with Crippen molar-refractivity contribution in [2.75, 3.05) is 10.6 Å². The van der Waals surface area contributed by atoms with Crippen molar-refractivity contribution in [3.8, 4) is 6.07 Å². The van der Waals surface area contributed by atoms with Gasteiger partial charge in [-0.3, -0.25) is 14.4 Å². The van der Waals surface area contributed by atoms with Gasteiger partial charge in [0.15, 0.2) is 5.78 Å². The zero-order chi connectivity index (χ0) is 19.1. The quantitative estimate of drug-likeness (QED) is 0.640. The number of para-hydroxylation sites is 1. The summed E-state index contributed by atoms with van der Waals surface area (Å²) in [6.45, 7) is 2.96. The molecule has 0 aliphatic rings. The second kappa shape index (κ2) is 8.40. The van der Waals surface area contributed by atoms with Crippen molar-refractivity contribution in [1.29, 1.82) is 5.26 Å². The number of carbonyl (C=O) groups excluding carboxylic acids is 3. The van der Waals surface area contributed by atoms with E-state index in [-0.39, 0.29) is 11.4 Å². The number of nitrogens with zero attached hydrogens (tertiary/aromatic N) is 1. The molecule has 2 aromatic rings. The van der Waals surface area contributed by atoms with Crippen LogP contribution in [0.4, 0.5) is 11.4 Å². The summed E-state index contributed by atoms with van der Waals surface area (Å²) in [5.74, 6) is -1.01. The van der Waals surface area contributed by atoms with E-state index < -0.39 is 11.8 Å². The molecule has 0 fully saturated rings. The fourth-order valence-corrected chi connectivity index (χ4v) is 2.14. The molecule has 2 amide bonds. The van der Waals surface area contributed by atoms with Crippen molar-refractivity contribution >= 4 is 29.0 Å². The highest BCUT2D eigenvalue weighted by Crippen LogP contribution is 2.15. The van der Waals surface area contributed by atoms with Crippen molar-refractivity contribution in [3.05, 3.63) is 71.3 Å². The van der Waals surface area contributed by atoms with Crippen molar-refractivity contribution in [1.82, 2.24) is 0 Å². The number of carbonyl (C=O) groups is 3. The van der Waals surface area contributed by atoms with Crippen LogP contribution < -0.4 is 10.6 Å². The van der Waals surface area contributed by atoms with E-state index in [4.69, 9.17) is 5.26 Å². The molecule has 0 spiro atoms. The minimum atomic E-state index is -0.477. The maximum absolute atomic E-state index is 12.2. The van der Waals surface area contributed by atoms with Crippen LogP contribution in [0.2, 0.25) is 0 Å². The molecule has 130 valence electrons. The molecular weight excluding hydrogens is 330 g/mol. The Hall–Kier alpha value is -3.72. The molecule has 0 saturated heterocycles. The lowest BCUT2D eigenvalue weighted by Crippen LogP contribution is -2.16. The van der Waals surface area contributed by atoms with Gasteiger partial charge < -0.3 is 10.6 Å². The Morgan fingerprint density at radius 3 is 2.23 bits per heavy atom. The van der Waals surface area contributed by atoms with Gasteiger partial charge in [-0.1, -0.05) is 12.1 Å². The number of nitriles is 1. The SMILES string of the molecule is CC(=O)c1ccc(NC(=O)/C=C(/C)C(=O)Nc2ccccc2C#N)cc1. The van der Waals surface area contributed by atoms with Crippen LogP contribution in [0.1, 0.15) is 29.8 Å². The van der Waals surface area contributed by atoms with Gasteiger partial charge in [-0.15, -0.1) is 0 Å². The molecule has 0 unspecified atom stereocenters. The molecular formula is C20H17N3O3. The second-order valence-electron chi connectivity index (χ2n) is 5.56. The first-order valence-electron chi connectivity index (χ1n) is 7.81. The smallest absolute Gasteiger partial charge is 0.251 e. The number of anilines is 2. The van der Waals surface area contributed by atoms with Crippen molar-refractivity contribution in [2.45, 2.75) is 13.8 Å². The molecule has 0 aliphatic carbocycles. The summed E-state index contributed by atoms with van der Waals surface area (Å²) in [5.41, 5.74) is 1.97. The highest BCUT2D eigenvalue weighted by molar-refractivity contribution is 6.10. The molecule has 0 aromatic heterocycles. The van der Waals surface area contributed by atoms with Gasteiger partial charge in [0.25, 0.3) is 5.91 Å². The molecule has 0 bridgehead atoms. The number of ketones is 1. The number of rotatable bonds is 5. The second-order valence-corrected chi connectivity index (χ2v) is 5.56. The van der Waals surface area contributed by atoms with Crippen molar-refractivity contribution in [3.63, 3.8) is 0 Å². The molecule has 2 N–H and O–H groups in total. The molecule has 0 aliphatic heterocycles. The maximum atomic E-state index is 12.2. The summed E-state index contributed by atoms with van der Waals surface area (Å²) >= 11 is 0. The summed E-state index contributed by atoms with van der Waals surface area (Å²) in [6.07, 6.45) is 1.17. The van der Waals surface area contributed by atoms with Crippen LogP contribution in [0.15, 0.2) is 60.2 Å². The van der Waals surface area contributed by atoms with Gasteiger partial charge in [-0.2, -0.15) is 5.26 Å². The van der Waals surface area contributed by atoms with E-state index >= 15 is 0 Å². The number of hydrogen-bond donors (Lipinski definition) is 2. The number of nitrogens with one attached hydrogen (secondary N) is 2. The van der Waals surface area contributed by atoms with E-state index in [1.807, 2.05) is 6.07 Å². The first-order chi connectivity index (χ1) is 12.4. The predicted molar refractivity (Wildman–Crippen MR) is 98.6 cm³/mol. The van der Waals surface area contributed by atoms with Gasteiger partial charge in [-0.05, 0) is 50.2 Å². The summed E-state index contributed by atoms with van der Waals surface area (Å²) < 4.78 is 0. The van der Waals surface area contributed by atoms with Crippen LogP contribution in [-0.2, 0) is 9.59 Å². The Labute approximate surface area is 151 Å². The minimum absolute atomic E-state index is 0.0621. The number of amides is 2. The molecule has 0 atom stereocenters. The Morgan fingerprint density at radius 2 is 1.62 bits per heavy atom. The third-order valence-corrected chi connectivity index (χ3v) is 3.56. The molecule has 0 heterocycles. The van der Waals surface area contributed by atoms with E-state index in [9.17, 15) is 14.4 Å². The summed E-state index contributed by atoms with van der Waals surface area (Å²) in [7, 11) is 0. The van der Waals surface area contributed by atoms with Crippen molar-refractivity contribution < 1.29 is 14.4 Å². The van der Waals surface area contributed by atoms with E-state index in [0.717, 1.165) is 0 Å². The third kappa shape index (κ3) is 4.89. The van der Waals surface area contributed by atoms with Crippen LogP contribution in [0, 0.1) is 11.3 Å². The number of Topliss-reactive ketones (excluding diaryl/α,β-unsaturated/α-hetero) is 1. The lowest BCUT2D eigenvalue weighted by Gasteiger charge is -2.07. The third-order valence-electron chi connectivity index (χ3n) is 3.56. The zero-order valence-corrected chi connectivity index (χ0v) is 14.4. The molecule has 6 nitrogen and oxygen atoms in total. The van der Waals surface area contributed by atoms with Crippen LogP contribution in [0.25, 0.3) is 0 Å². The average Bonchev–Trinajstić information content (AvgIpc) is 2.62. The van der Waals surface area contributed by atoms with Crippen LogP contribution >= 0.6 is 0 Å². The Morgan fingerprint density at radius 1 is 0.962 bits per heavy atom. The Kier molecular flexibility index (Phi) is 6.01. The Bertz CT molecular complexity index is 922. The van der Waals surface area contributed by atoms with E-state index in [2.05, 4.69) is 10.6 Å².